The topological polar surface area (TPSA) is 20.2 Å². The molecule has 0 aliphatic heterocycles. The second kappa shape index (κ2) is 2.42. The van der Waals surface area contributed by atoms with Crippen LogP contribution in [0.3, 0.4) is 0 Å². The lowest BCUT2D eigenvalue weighted by Gasteiger charge is -2.09. The number of hydrogen-bond acceptors (Lipinski definition) is 1. The second-order valence-corrected chi connectivity index (χ2v) is 2.68. The Balaban J connectivity index is 2.48. The zero-order valence-electron chi connectivity index (χ0n) is 6.12. The lowest BCUT2D eigenvalue weighted by molar-refractivity contribution is 0.474. The van der Waals surface area contributed by atoms with E-state index in [0.717, 1.165) is 6.42 Å². The van der Waals surface area contributed by atoms with Gasteiger partial charge >= 0.3 is 0 Å². The third-order valence-electron chi connectivity index (χ3n) is 1.88. The van der Waals surface area contributed by atoms with E-state index in [0.29, 0.717) is 5.75 Å². The number of phenols is 1. The third kappa shape index (κ3) is 1.14. The van der Waals surface area contributed by atoms with E-state index in [1.165, 1.54) is 11.1 Å². The molecule has 1 radical (unpaired) electrons. The first-order chi connectivity index (χ1) is 5.36. The van der Waals surface area contributed by atoms with Crippen LogP contribution in [0.25, 0.3) is 0 Å². The van der Waals surface area contributed by atoms with E-state index in [-0.39, 0.29) is 0 Å². The molecule has 0 bridgehead atoms. The van der Waals surface area contributed by atoms with Crippen molar-refractivity contribution in [2.75, 3.05) is 0 Å². The quantitative estimate of drug-likeness (QED) is 0.592. The van der Waals surface area contributed by atoms with Crippen LogP contribution in [-0.2, 0) is 6.42 Å². The first-order valence-electron chi connectivity index (χ1n) is 3.68. The summed E-state index contributed by atoms with van der Waals surface area (Å²) >= 11 is 0. The maximum Gasteiger partial charge on any atom is 0.115 e. The molecule has 1 heteroatoms. The molecule has 55 valence electrons. The minimum absolute atomic E-state index is 0.354. The van der Waals surface area contributed by atoms with Crippen molar-refractivity contribution in [2.45, 2.75) is 6.42 Å². The molecule has 0 spiro atoms. The predicted molar refractivity (Wildman–Crippen MR) is 44.4 cm³/mol. The summed E-state index contributed by atoms with van der Waals surface area (Å²) in [6.07, 6.45) is 7.11. The highest BCUT2D eigenvalue weighted by atomic mass is 16.3. The molecule has 2 rings (SSSR count). The molecule has 0 saturated heterocycles. The van der Waals surface area contributed by atoms with Crippen LogP contribution in [0.4, 0.5) is 0 Å². The van der Waals surface area contributed by atoms with Gasteiger partial charge in [0.25, 0.3) is 0 Å². The molecule has 0 aromatic heterocycles. The fourth-order valence-electron chi connectivity index (χ4n) is 1.30. The van der Waals surface area contributed by atoms with Crippen molar-refractivity contribution in [3.8, 4) is 5.75 Å². The van der Waals surface area contributed by atoms with Crippen LogP contribution in [0.2, 0.25) is 0 Å². The summed E-state index contributed by atoms with van der Waals surface area (Å²) in [5.74, 6) is 0.354. The van der Waals surface area contributed by atoms with Crippen molar-refractivity contribution in [2.24, 2.45) is 0 Å². The van der Waals surface area contributed by atoms with Gasteiger partial charge in [0.15, 0.2) is 0 Å². The van der Waals surface area contributed by atoms with Crippen molar-refractivity contribution in [1.82, 2.24) is 0 Å². The highest BCUT2D eigenvalue weighted by Gasteiger charge is 2.04. The van der Waals surface area contributed by atoms with Gasteiger partial charge in [0.1, 0.15) is 5.75 Å². The minimum atomic E-state index is 0.354. The second-order valence-electron chi connectivity index (χ2n) is 2.68. The number of phenolic OH excluding ortho intramolecular Hbond substituents is 1. The molecular weight excluding hydrogens is 136 g/mol. The zero-order chi connectivity index (χ0) is 7.68. The molecule has 0 unspecified atom stereocenters. The van der Waals surface area contributed by atoms with Gasteiger partial charge < -0.3 is 5.11 Å². The molecule has 0 fully saturated rings. The molecule has 1 N–H and O–H groups in total. The third-order valence-corrected chi connectivity index (χ3v) is 1.88. The first kappa shape index (κ1) is 6.47. The van der Waals surface area contributed by atoms with Crippen molar-refractivity contribution in [1.29, 1.82) is 0 Å². The van der Waals surface area contributed by atoms with Gasteiger partial charge in [0.05, 0.1) is 0 Å². The van der Waals surface area contributed by atoms with E-state index in [2.05, 4.69) is 12.5 Å². The Morgan fingerprint density at radius 1 is 1.27 bits per heavy atom. The average molecular weight is 145 g/mol. The number of benzene rings is 1. The predicted octanol–water partition coefficient (Wildman–Crippen LogP) is 2.06. The first-order valence-corrected chi connectivity index (χ1v) is 3.68. The Hall–Kier alpha value is -1.24. The van der Waals surface area contributed by atoms with Gasteiger partial charge in [-0.1, -0.05) is 18.2 Å². The molecule has 1 aliphatic rings. The average Bonchev–Trinajstić information content (AvgIpc) is 2.04. The molecule has 0 saturated carbocycles. The maximum absolute atomic E-state index is 9.15. The molecule has 0 amide bonds. The molecule has 0 atom stereocenters. The zero-order valence-corrected chi connectivity index (χ0v) is 6.12. The largest absolute Gasteiger partial charge is 0.508 e. The van der Waals surface area contributed by atoms with Gasteiger partial charge in [0, 0.05) is 6.42 Å². The highest BCUT2D eigenvalue weighted by Crippen LogP contribution is 2.21. The van der Waals surface area contributed by atoms with Crippen LogP contribution in [0.15, 0.2) is 30.4 Å². The van der Waals surface area contributed by atoms with Gasteiger partial charge in [-0.3, -0.25) is 0 Å². The van der Waals surface area contributed by atoms with E-state index in [1.54, 1.807) is 6.07 Å². The van der Waals surface area contributed by atoms with Gasteiger partial charge in [0.2, 0.25) is 0 Å². The Kier molecular flexibility index (Phi) is 1.42. The van der Waals surface area contributed by atoms with Crippen LogP contribution >= 0.6 is 0 Å². The highest BCUT2D eigenvalue weighted by molar-refractivity contribution is 5.44. The van der Waals surface area contributed by atoms with E-state index < -0.39 is 0 Å². The molecular formula is C10H9O. The van der Waals surface area contributed by atoms with Gasteiger partial charge in [-0.2, -0.15) is 0 Å². The lowest BCUT2D eigenvalue weighted by atomic mass is 9.97. The molecule has 1 aromatic carbocycles. The summed E-state index contributed by atoms with van der Waals surface area (Å²) in [5.41, 5.74) is 2.41. The number of allylic oxidation sites excluding steroid dienone is 2. The van der Waals surface area contributed by atoms with Gasteiger partial charge in [-0.15, -0.1) is 0 Å². The van der Waals surface area contributed by atoms with Crippen molar-refractivity contribution in [3.63, 3.8) is 0 Å². The van der Waals surface area contributed by atoms with E-state index in [9.17, 15) is 0 Å². The molecule has 0 heterocycles. The van der Waals surface area contributed by atoms with Crippen LogP contribution in [0.1, 0.15) is 11.1 Å². The summed E-state index contributed by atoms with van der Waals surface area (Å²) in [6.45, 7) is 0. The monoisotopic (exact) mass is 145 g/mol. The van der Waals surface area contributed by atoms with Gasteiger partial charge in [-0.25, -0.2) is 0 Å². The van der Waals surface area contributed by atoms with Crippen LogP contribution in [0, 0.1) is 6.42 Å². The van der Waals surface area contributed by atoms with Crippen molar-refractivity contribution < 1.29 is 5.11 Å². The van der Waals surface area contributed by atoms with Crippen LogP contribution < -0.4 is 0 Å². The van der Waals surface area contributed by atoms with E-state index in [1.807, 2.05) is 18.2 Å². The lowest BCUT2D eigenvalue weighted by Crippen LogP contribution is -1.93. The summed E-state index contributed by atoms with van der Waals surface area (Å²) in [7, 11) is 0. The van der Waals surface area contributed by atoms with E-state index >= 15 is 0 Å². The normalized spacial score (nSPS) is 14.5. The smallest absolute Gasteiger partial charge is 0.115 e. The summed E-state index contributed by atoms with van der Waals surface area (Å²) < 4.78 is 0. The summed E-state index contributed by atoms with van der Waals surface area (Å²) in [6, 6.07) is 5.47. The summed E-state index contributed by atoms with van der Waals surface area (Å²) in [5, 5.41) is 9.15. The number of rotatable bonds is 0. The van der Waals surface area contributed by atoms with Crippen LogP contribution in [0.5, 0.6) is 5.75 Å². The Labute approximate surface area is 66.0 Å². The maximum atomic E-state index is 9.15. The van der Waals surface area contributed by atoms with E-state index in [4.69, 9.17) is 5.11 Å². The molecule has 11 heavy (non-hydrogen) atoms. The Morgan fingerprint density at radius 2 is 2.18 bits per heavy atom. The standard InChI is InChI=1S/C10H9O/c11-10-6-5-8-3-1-2-4-9(8)7-10/h1-3,5-7,11H,4H2. The number of hydrogen-bond donors (Lipinski definition) is 1. The Morgan fingerprint density at radius 3 is 3.09 bits per heavy atom. The van der Waals surface area contributed by atoms with Crippen molar-refractivity contribution >= 4 is 0 Å². The fourth-order valence-corrected chi connectivity index (χ4v) is 1.30. The number of aromatic hydroxyl groups is 1. The minimum Gasteiger partial charge on any atom is -0.508 e. The van der Waals surface area contributed by atoms with Gasteiger partial charge in [-0.05, 0) is 29.7 Å². The molecule has 1 aromatic rings. The molecule has 1 aliphatic carbocycles. The Bertz CT molecular complexity index is 300. The SMILES string of the molecule is Oc1ccc2c(c1)CC=C[CH]2. The summed E-state index contributed by atoms with van der Waals surface area (Å²) in [4.78, 5) is 0. The van der Waals surface area contributed by atoms with Crippen molar-refractivity contribution in [3.05, 3.63) is 47.9 Å². The molecule has 1 nitrogen and oxygen atoms in total. The fraction of sp³-hybridized carbons (Fsp3) is 0.100. The van der Waals surface area contributed by atoms with Crippen LogP contribution in [-0.4, -0.2) is 5.11 Å². The number of fused-ring (bicyclic) bond motifs is 1.